The molecule has 0 saturated carbocycles. The van der Waals surface area contributed by atoms with E-state index in [1.807, 2.05) is 23.9 Å². The third kappa shape index (κ3) is 4.15. The molecule has 3 saturated heterocycles. The molecule has 2 amide bonds. The molecule has 0 N–H and O–H groups in total. The van der Waals surface area contributed by atoms with Gasteiger partial charge in [0.15, 0.2) is 9.84 Å². The molecule has 142 valence electrons. The van der Waals surface area contributed by atoms with Crippen LogP contribution in [0.25, 0.3) is 0 Å². The van der Waals surface area contributed by atoms with Gasteiger partial charge in [-0.25, -0.2) is 8.42 Å². The lowest BCUT2D eigenvalue weighted by atomic mass is 10.0. The fourth-order valence-electron chi connectivity index (χ4n) is 4.16. The van der Waals surface area contributed by atoms with Crippen molar-refractivity contribution in [2.75, 3.05) is 64.9 Å². The number of carbonyl (C=O) groups excluding carboxylic acids is 2. The van der Waals surface area contributed by atoms with Crippen LogP contribution in [0.4, 0.5) is 0 Å². The van der Waals surface area contributed by atoms with Gasteiger partial charge in [-0.2, -0.15) is 0 Å². The van der Waals surface area contributed by atoms with Gasteiger partial charge < -0.3 is 14.7 Å². The number of rotatable bonds is 5. The molecule has 0 bridgehead atoms. The van der Waals surface area contributed by atoms with E-state index in [4.69, 9.17) is 0 Å². The van der Waals surface area contributed by atoms with Gasteiger partial charge in [0.1, 0.15) is 0 Å². The van der Waals surface area contributed by atoms with Gasteiger partial charge in [0.25, 0.3) is 0 Å². The van der Waals surface area contributed by atoms with Gasteiger partial charge in [-0.15, -0.1) is 0 Å². The van der Waals surface area contributed by atoms with Crippen LogP contribution in [0.5, 0.6) is 0 Å². The number of hydrogen-bond donors (Lipinski definition) is 0. The molecule has 8 nitrogen and oxygen atoms in total. The number of piperazine rings is 1. The number of sulfone groups is 1. The van der Waals surface area contributed by atoms with Crippen molar-refractivity contribution in [1.29, 1.82) is 0 Å². The van der Waals surface area contributed by atoms with Gasteiger partial charge in [0.05, 0.1) is 24.1 Å². The highest BCUT2D eigenvalue weighted by atomic mass is 32.2. The molecule has 3 heterocycles. The van der Waals surface area contributed by atoms with Crippen LogP contribution in [0.3, 0.4) is 0 Å². The summed E-state index contributed by atoms with van der Waals surface area (Å²) in [5, 5.41) is 0. The summed E-state index contributed by atoms with van der Waals surface area (Å²) in [5.41, 5.74) is 0. The average molecular weight is 372 g/mol. The summed E-state index contributed by atoms with van der Waals surface area (Å²) in [6, 6.07) is -0.414. The highest BCUT2D eigenvalue weighted by Crippen LogP contribution is 2.27. The monoisotopic (exact) mass is 372 g/mol. The number of amides is 2. The Morgan fingerprint density at radius 3 is 2.48 bits per heavy atom. The third-order valence-electron chi connectivity index (χ3n) is 5.39. The summed E-state index contributed by atoms with van der Waals surface area (Å²) in [4.78, 5) is 31.9. The maximum atomic E-state index is 12.5. The number of likely N-dealkylation sites (tertiary alicyclic amines) is 1. The first-order chi connectivity index (χ1) is 11.8. The summed E-state index contributed by atoms with van der Waals surface area (Å²) in [7, 11) is 0.540. The molecule has 0 radical (unpaired) electrons. The molecular weight excluding hydrogens is 344 g/mol. The lowest BCUT2D eigenvalue weighted by Crippen LogP contribution is -2.62. The Bertz CT molecular complexity index is 636. The Hall–Kier alpha value is -1.19. The zero-order valence-corrected chi connectivity index (χ0v) is 15.9. The quantitative estimate of drug-likeness (QED) is 0.583. The largest absolute Gasteiger partial charge is 0.341 e. The van der Waals surface area contributed by atoms with E-state index in [0.29, 0.717) is 39.1 Å². The first kappa shape index (κ1) is 18.6. The number of carbonyl (C=O) groups is 2. The molecule has 3 aliphatic heterocycles. The molecule has 0 spiro atoms. The summed E-state index contributed by atoms with van der Waals surface area (Å²) < 4.78 is 24.4. The van der Waals surface area contributed by atoms with E-state index in [9.17, 15) is 18.0 Å². The van der Waals surface area contributed by atoms with E-state index in [2.05, 4.69) is 4.90 Å². The number of likely N-dealkylation sites (N-methyl/N-ethyl adjacent to an activating group) is 1. The first-order valence-corrected chi connectivity index (χ1v) is 10.8. The molecule has 0 aromatic rings. The number of hydrogen-bond acceptors (Lipinski definition) is 6. The van der Waals surface area contributed by atoms with Crippen LogP contribution in [0.1, 0.15) is 12.8 Å². The standard InChI is InChI=1S/C16H28N4O4S/c1-17(2)10-16(22)20-9-8-18(6-7-19-5-3-4-15(19)21)13-11-25(23,24)12-14(13)20/h13-14H,3-12H2,1-2H3/t13-,14+/m1/s1. The molecule has 3 rings (SSSR count). The fraction of sp³-hybridized carbons (Fsp3) is 0.875. The average Bonchev–Trinajstić information content (AvgIpc) is 3.05. The van der Waals surface area contributed by atoms with Crippen LogP contribution < -0.4 is 0 Å². The lowest BCUT2D eigenvalue weighted by molar-refractivity contribution is -0.137. The minimum atomic E-state index is -3.13. The SMILES string of the molecule is CN(C)CC(=O)N1CCN(CCN2CCCC2=O)[C@@H]2CS(=O)(=O)C[C@@H]21. The predicted octanol–water partition coefficient (Wildman–Crippen LogP) is -1.52. The Kier molecular flexibility index (Phi) is 5.36. The van der Waals surface area contributed by atoms with E-state index in [1.54, 1.807) is 4.90 Å². The first-order valence-electron chi connectivity index (χ1n) is 8.93. The molecule has 0 aliphatic carbocycles. The van der Waals surface area contributed by atoms with E-state index < -0.39 is 9.84 Å². The molecule has 2 atom stereocenters. The second-order valence-corrected chi connectivity index (χ2v) is 9.71. The van der Waals surface area contributed by atoms with Crippen molar-refractivity contribution in [2.24, 2.45) is 0 Å². The van der Waals surface area contributed by atoms with Crippen LogP contribution in [0, 0.1) is 0 Å². The van der Waals surface area contributed by atoms with Crippen molar-refractivity contribution in [3.63, 3.8) is 0 Å². The van der Waals surface area contributed by atoms with Crippen molar-refractivity contribution in [1.82, 2.24) is 19.6 Å². The molecule has 0 unspecified atom stereocenters. The Labute approximate surface area is 149 Å². The molecular formula is C16H28N4O4S. The zero-order valence-electron chi connectivity index (χ0n) is 15.1. The molecule has 3 aliphatic rings. The van der Waals surface area contributed by atoms with E-state index in [0.717, 1.165) is 13.0 Å². The minimum Gasteiger partial charge on any atom is -0.341 e. The molecule has 0 aromatic heterocycles. The van der Waals surface area contributed by atoms with Crippen molar-refractivity contribution < 1.29 is 18.0 Å². The van der Waals surface area contributed by atoms with E-state index >= 15 is 0 Å². The van der Waals surface area contributed by atoms with E-state index in [-0.39, 0.29) is 35.4 Å². The van der Waals surface area contributed by atoms with Crippen LogP contribution in [-0.4, -0.2) is 117 Å². The Morgan fingerprint density at radius 2 is 1.84 bits per heavy atom. The van der Waals surface area contributed by atoms with Crippen molar-refractivity contribution in [3.8, 4) is 0 Å². The molecule has 25 heavy (non-hydrogen) atoms. The molecule has 0 aromatic carbocycles. The number of fused-ring (bicyclic) bond motifs is 1. The summed E-state index contributed by atoms with van der Waals surface area (Å²) >= 11 is 0. The second kappa shape index (κ2) is 7.20. The zero-order chi connectivity index (χ0) is 18.2. The van der Waals surface area contributed by atoms with E-state index in [1.165, 1.54) is 0 Å². The fourth-order valence-corrected chi connectivity index (χ4v) is 6.17. The minimum absolute atomic E-state index is 0.00790. The van der Waals surface area contributed by atoms with Gasteiger partial charge in [0.2, 0.25) is 11.8 Å². The normalized spacial score (nSPS) is 29.5. The van der Waals surface area contributed by atoms with Crippen molar-refractivity contribution in [2.45, 2.75) is 24.9 Å². The van der Waals surface area contributed by atoms with Crippen LogP contribution in [0.15, 0.2) is 0 Å². The van der Waals surface area contributed by atoms with Crippen molar-refractivity contribution in [3.05, 3.63) is 0 Å². The second-order valence-electron chi connectivity index (χ2n) is 7.56. The van der Waals surface area contributed by atoms with Gasteiger partial charge in [-0.05, 0) is 20.5 Å². The molecule has 3 fully saturated rings. The Morgan fingerprint density at radius 1 is 1.12 bits per heavy atom. The maximum Gasteiger partial charge on any atom is 0.237 e. The van der Waals surface area contributed by atoms with Crippen LogP contribution in [0.2, 0.25) is 0 Å². The van der Waals surface area contributed by atoms with Gasteiger partial charge in [-0.3, -0.25) is 14.5 Å². The third-order valence-corrected chi connectivity index (χ3v) is 7.09. The topological polar surface area (TPSA) is 81.2 Å². The highest BCUT2D eigenvalue weighted by Gasteiger charge is 2.47. The lowest BCUT2D eigenvalue weighted by Gasteiger charge is -2.44. The molecule has 9 heteroatoms. The van der Waals surface area contributed by atoms with Crippen LogP contribution >= 0.6 is 0 Å². The smallest absolute Gasteiger partial charge is 0.237 e. The highest BCUT2D eigenvalue weighted by molar-refractivity contribution is 7.91. The summed E-state index contributed by atoms with van der Waals surface area (Å²) in [5.74, 6) is 0.342. The summed E-state index contributed by atoms with van der Waals surface area (Å²) in [6.45, 7) is 3.64. The summed E-state index contributed by atoms with van der Waals surface area (Å²) in [6.07, 6.45) is 1.53. The Balaban J connectivity index is 1.67. The predicted molar refractivity (Wildman–Crippen MR) is 93.9 cm³/mol. The van der Waals surface area contributed by atoms with Crippen molar-refractivity contribution >= 4 is 21.7 Å². The van der Waals surface area contributed by atoms with Crippen LogP contribution in [-0.2, 0) is 19.4 Å². The maximum absolute atomic E-state index is 12.5. The van der Waals surface area contributed by atoms with Gasteiger partial charge in [-0.1, -0.05) is 0 Å². The van der Waals surface area contributed by atoms with Gasteiger partial charge >= 0.3 is 0 Å². The van der Waals surface area contributed by atoms with Gasteiger partial charge in [0, 0.05) is 45.2 Å². The number of nitrogens with zero attached hydrogens (tertiary/aromatic N) is 4.